The molecule has 1 N–H and O–H groups in total. The van der Waals surface area contributed by atoms with E-state index in [0.717, 1.165) is 13.1 Å². The van der Waals surface area contributed by atoms with E-state index in [9.17, 15) is 0 Å². The van der Waals surface area contributed by atoms with Crippen LogP contribution in [0.2, 0.25) is 0 Å². The van der Waals surface area contributed by atoms with Gasteiger partial charge in [-0.1, -0.05) is 12.1 Å². The predicted molar refractivity (Wildman–Crippen MR) is 77.1 cm³/mol. The van der Waals surface area contributed by atoms with Gasteiger partial charge in [0.1, 0.15) is 0 Å². The topological polar surface area (TPSA) is 28.4 Å². The fourth-order valence-corrected chi connectivity index (χ4v) is 2.54. The smallest absolute Gasteiger partial charge is 0.0947 e. The number of hydrogen-bond acceptors (Lipinski definition) is 3. The lowest BCUT2D eigenvalue weighted by atomic mass is 10.2. The third-order valence-electron chi connectivity index (χ3n) is 3.65. The number of furan rings is 1. The van der Waals surface area contributed by atoms with E-state index < -0.39 is 0 Å². The maximum atomic E-state index is 5.04. The van der Waals surface area contributed by atoms with Crippen LogP contribution >= 0.6 is 0 Å². The number of nitrogens with zero attached hydrogens (tertiary/aromatic N) is 1. The minimum absolute atomic E-state index is 0.852. The summed E-state index contributed by atoms with van der Waals surface area (Å²) in [4.78, 5) is 2.46. The molecule has 1 saturated heterocycles. The van der Waals surface area contributed by atoms with Crippen molar-refractivity contribution in [1.82, 2.24) is 5.32 Å². The van der Waals surface area contributed by atoms with Crippen molar-refractivity contribution < 1.29 is 4.42 Å². The zero-order valence-electron chi connectivity index (χ0n) is 11.1. The van der Waals surface area contributed by atoms with Crippen molar-refractivity contribution in [3.8, 4) is 0 Å². The monoisotopic (exact) mass is 256 g/mol. The van der Waals surface area contributed by atoms with E-state index >= 15 is 0 Å². The van der Waals surface area contributed by atoms with Crippen LogP contribution < -0.4 is 10.2 Å². The molecule has 100 valence electrons. The number of nitrogens with one attached hydrogen (secondary N) is 1. The van der Waals surface area contributed by atoms with Crippen molar-refractivity contribution in [2.45, 2.75) is 25.9 Å². The first kappa shape index (κ1) is 12.3. The van der Waals surface area contributed by atoms with E-state index in [0.29, 0.717) is 0 Å². The third kappa shape index (κ3) is 3.18. The summed E-state index contributed by atoms with van der Waals surface area (Å²) in [6, 6.07) is 10.9. The molecular formula is C16H20N2O. The van der Waals surface area contributed by atoms with Gasteiger partial charge in [-0.25, -0.2) is 0 Å². The Balaban J connectivity index is 1.51. The van der Waals surface area contributed by atoms with Crippen LogP contribution in [0.3, 0.4) is 0 Å². The van der Waals surface area contributed by atoms with E-state index in [1.165, 1.54) is 42.7 Å². The van der Waals surface area contributed by atoms with E-state index in [-0.39, 0.29) is 0 Å². The molecule has 1 aliphatic heterocycles. The van der Waals surface area contributed by atoms with Crippen LogP contribution in [0.25, 0.3) is 0 Å². The Morgan fingerprint density at radius 3 is 2.37 bits per heavy atom. The van der Waals surface area contributed by atoms with Crippen molar-refractivity contribution in [3.05, 3.63) is 54.0 Å². The average molecular weight is 256 g/mol. The summed E-state index contributed by atoms with van der Waals surface area (Å²) in [5.74, 6) is 0. The first-order valence-electron chi connectivity index (χ1n) is 6.97. The summed E-state index contributed by atoms with van der Waals surface area (Å²) < 4.78 is 5.04. The van der Waals surface area contributed by atoms with Gasteiger partial charge in [0.2, 0.25) is 0 Å². The zero-order chi connectivity index (χ0) is 12.9. The van der Waals surface area contributed by atoms with Crippen LogP contribution in [-0.4, -0.2) is 13.1 Å². The fourth-order valence-electron chi connectivity index (χ4n) is 2.54. The highest BCUT2D eigenvalue weighted by Gasteiger charge is 2.11. The maximum absolute atomic E-state index is 5.04. The van der Waals surface area contributed by atoms with Gasteiger partial charge in [0.05, 0.1) is 12.5 Å². The molecule has 2 heterocycles. The first-order chi connectivity index (χ1) is 9.42. The van der Waals surface area contributed by atoms with Gasteiger partial charge in [0, 0.05) is 37.4 Å². The lowest BCUT2D eigenvalue weighted by Crippen LogP contribution is -2.17. The van der Waals surface area contributed by atoms with Gasteiger partial charge in [-0.15, -0.1) is 0 Å². The van der Waals surface area contributed by atoms with Gasteiger partial charge < -0.3 is 14.6 Å². The van der Waals surface area contributed by atoms with Gasteiger partial charge in [-0.3, -0.25) is 0 Å². The Morgan fingerprint density at radius 1 is 0.947 bits per heavy atom. The highest BCUT2D eigenvalue weighted by atomic mass is 16.3. The zero-order valence-corrected chi connectivity index (χ0v) is 11.1. The highest BCUT2D eigenvalue weighted by Crippen LogP contribution is 2.20. The molecule has 0 bridgehead atoms. The van der Waals surface area contributed by atoms with Crippen molar-refractivity contribution in [2.24, 2.45) is 0 Å². The lowest BCUT2D eigenvalue weighted by molar-refractivity contribution is 0.560. The summed E-state index contributed by atoms with van der Waals surface area (Å²) in [5.41, 5.74) is 3.87. The van der Waals surface area contributed by atoms with E-state index in [4.69, 9.17) is 4.42 Å². The molecule has 0 unspecified atom stereocenters. The third-order valence-corrected chi connectivity index (χ3v) is 3.65. The second-order valence-electron chi connectivity index (χ2n) is 5.10. The molecule has 19 heavy (non-hydrogen) atoms. The second kappa shape index (κ2) is 5.93. The van der Waals surface area contributed by atoms with Gasteiger partial charge in [-0.05, 0) is 36.6 Å². The van der Waals surface area contributed by atoms with Gasteiger partial charge in [0.25, 0.3) is 0 Å². The van der Waals surface area contributed by atoms with Crippen LogP contribution in [0, 0.1) is 0 Å². The molecule has 3 nitrogen and oxygen atoms in total. The van der Waals surface area contributed by atoms with E-state index in [2.05, 4.69) is 34.5 Å². The highest BCUT2D eigenvalue weighted by molar-refractivity contribution is 5.48. The minimum Gasteiger partial charge on any atom is -0.472 e. The first-order valence-corrected chi connectivity index (χ1v) is 6.97. The summed E-state index contributed by atoms with van der Waals surface area (Å²) in [7, 11) is 0. The molecule has 3 rings (SSSR count). The Bertz CT molecular complexity index is 484. The fraction of sp³-hybridized carbons (Fsp3) is 0.375. The van der Waals surface area contributed by atoms with Crippen LogP contribution in [0.5, 0.6) is 0 Å². The van der Waals surface area contributed by atoms with Crippen LogP contribution in [0.15, 0.2) is 47.3 Å². The van der Waals surface area contributed by atoms with Crippen molar-refractivity contribution in [2.75, 3.05) is 18.0 Å². The molecule has 1 aliphatic rings. The SMILES string of the molecule is c1cc(CNCc2ccc(N3CCCC3)cc2)co1. The molecule has 0 atom stereocenters. The van der Waals surface area contributed by atoms with E-state index in [1.807, 2.05) is 6.07 Å². The number of rotatable bonds is 5. The van der Waals surface area contributed by atoms with Gasteiger partial charge >= 0.3 is 0 Å². The van der Waals surface area contributed by atoms with Crippen molar-refractivity contribution >= 4 is 5.69 Å². The number of anilines is 1. The second-order valence-corrected chi connectivity index (χ2v) is 5.10. The maximum Gasteiger partial charge on any atom is 0.0947 e. The minimum atomic E-state index is 0.852. The molecule has 1 aromatic heterocycles. The lowest BCUT2D eigenvalue weighted by Gasteiger charge is -2.17. The Morgan fingerprint density at radius 2 is 1.68 bits per heavy atom. The molecule has 1 aromatic carbocycles. The Kier molecular flexibility index (Phi) is 3.84. The molecule has 0 saturated carbocycles. The molecule has 1 fully saturated rings. The molecular weight excluding hydrogens is 236 g/mol. The van der Waals surface area contributed by atoms with Crippen LogP contribution in [0.4, 0.5) is 5.69 Å². The molecule has 0 spiro atoms. The predicted octanol–water partition coefficient (Wildman–Crippen LogP) is 3.17. The Labute approximate surface area is 114 Å². The van der Waals surface area contributed by atoms with Gasteiger partial charge in [0.15, 0.2) is 0 Å². The van der Waals surface area contributed by atoms with Crippen LogP contribution in [0.1, 0.15) is 24.0 Å². The molecule has 3 heteroatoms. The quantitative estimate of drug-likeness (QED) is 0.890. The molecule has 0 amide bonds. The largest absolute Gasteiger partial charge is 0.472 e. The number of hydrogen-bond donors (Lipinski definition) is 1. The number of benzene rings is 1. The summed E-state index contributed by atoms with van der Waals surface area (Å²) in [6.45, 7) is 4.16. The normalized spacial score (nSPS) is 15.1. The molecule has 0 aliphatic carbocycles. The average Bonchev–Trinajstić information content (AvgIpc) is 3.13. The van der Waals surface area contributed by atoms with Crippen molar-refractivity contribution in [1.29, 1.82) is 0 Å². The van der Waals surface area contributed by atoms with Gasteiger partial charge in [-0.2, -0.15) is 0 Å². The van der Waals surface area contributed by atoms with Crippen molar-refractivity contribution in [3.63, 3.8) is 0 Å². The summed E-state index contributed by atoms with van der Waals surface area (Å²) in [5, 5.41) is 3.42. The standard InChI is InChI=1S/C16H20N2O/c1-2-9-18(8-1)16-5-3-14(4-6-16)11-17-12-15-7-10-19-13-15/h3-7,10,13,17H,1-2,8-9,11-12H2. The van der Waals surface area contributed by atoms with E-state index in [1.54, 1.807) is 12.5 Å². The Hall–Kier alpha value is -1.74. The molecule has 2 aromatic rings. The molecule has 0 radical (unpaired) electrons. The summed E-state index contributed by atoms with van der Waals surface area (Å²) in [6.07, 6.45) is 6.15. The van der Waals surface area contributed by atoms with Crippen LogP contribution in [-0.2, 0) is 13.1 Å². The summed E-state index contributed by atoms with van der Waals surface area (Å²) >= 11 is 0.